The molecule has 1 N–H and O–H groups in total. The van der Waals surface area contributed by atoms with Crippen LogP contribution in [-0.2, 0) is 9.53 Å². The summed E-state index contributed by atoms with van der Waals surface area (Å²) in [5.74, 6) is 1.53. The van der Waals surface area contributed by atoms with Crippen molar-refractivity contribution in [2.75, 3.05) is 6.54 Å². The van der Waals surface area contributed by atoms with Crippen molar-refractivity contribution in [2.24, 2.45) is 11.8 Å². The molecule has 3 heteroatoms. The minimum absolute atomic E-state index is 0.0701. The molecule has 2 aliphatic rings. The number of carbonyl (C=O) groups excluding carboxylic acids is 1. The van der Waals surface area contributed by atoms with Crippen LogP contribution in [0.4, 0.5) is 0 Å². The fourth-order valence-corrected chi connectivity index (χ4v) is 2.74. The van der Waals surface area contributed by atoms with Crippen molar-refractivity contribution in [3.8, 4) is 0 Å². The summed E-state index contributed by atoms with van der Waals surface area (Å²) >= 11 is 0. The standard InChI is InChI=1S/C14H25NO2/c1-14(2,3)17-13(16)12-8-11(9-15-12)7-10-5-4-6-10/h10-12,15H,4-9H2,1-3H3/t11-,12-/m0/s1. The minimum atomic E-state index is -0.370. The van der Waals surface area contributed by atoms with Gasteiger partial charge in [-0.2, -0.15) is 0 Å². The van der Waals surface area contributed by atoms with Crippen LogP contribution in [0.15, 0.2) is 0 Å². The highest BCUT2D eigenvalue weighted by molar-refractivity contribution is 5.76. The Morgan fingerprint density at radius 2 is 2.00 bits per heavy atom. The van der Waals surface area contributed by atoms with Crippen molar-refractivity contribution in [1.29, 1.82) is 0 Å². The van der Waals surface area contributed by atoms with Crippen molar-refractivity contribution >= 4 is 5.97 Å². The first-order valence-corrected chi connectivity index (χ1v) is 6.90. The number of hydrogen-bond donors (Lipinski definition) is 1. The van der Waals surface area contributed by atoms with Crippen LogP contribution in [0.1, 0.15) is 52.9 Å². The van der Waals surface area contributed by atoms with E-state index in [2.05, 4.69) is 5.32 Å². The van der Waals surface area contributed by atoms with E-state index in [4.69, 9.17) is 4.74 Å². The number of rotatable bonds is 3. The van der Waals surface area contributed by atoms with Crippen molar-refractivity contribution in [1.82, 2.24) is 5.32 Å². The van der Waals surface area contributed by atoms with Gasteiger partial charge in [0, 0.05) is 0 Å². The molecule has 2 rings (SSSR count). The van der Waals surface area contributed by atoms with Gasteiger partial charge in [-0.15, -0.1) is 0 Å². The second-order valence-corrected chi connectivity index (χ2v) is 6.63. The fourth-order valence-electron chi connectivity index (χ4n) is 2.74. The molecule has 2 fully saturated rings. The predicted octanol–water partition coefficient (Wildman–Crippen LogP) is 2.50. The van der Waals surface area contributed by atoms with E-state index in [9.17, 15) is 4.79 Å². The molecule has 0 radical (unpaired) electrons. The zero-order valence-corrected chi connectivity index (χ0v) is 11.3. The third-order valence-corrected chi connectivity index (χ3v) is 3.80. The molecule has 1 saturated carbocycles. The summed E-state index contributed by atoms with van der Waals surface area (Å²) in [6.07, 6.45) is 6.46. The maximum absolute atomic E-state index is 11.9. The van der Waals surface area contributed by atoms with Gasteiger partial charge >= 0.3 is 5.97 Å². The molecule has 3 nitrogen and oxygen atoms in total. The fraction of sp³-hybridized carbons (Fsp3) is 0.929. The zero-order valence-electron chi connectivity index (χ0n) is 11.3. The second kappa shape index (κ2) is 4.97. The SMILES string of the molecule is CC(C)(C)OC(=O)[C@@H]1C[C@H](CC2CCC2)CN1. The Balaban J connectivity index is 1.74. The topological polar surface area (TPSA) is 38.3 Å². The Morgan fingerprint density at radius 3 is 2.53 bits per heavy atom. The first-order chi connectivity index (χ1) is 7.94. The highest BCUT2D eigenvalue weighted by Crippen LogP contribution is 2.34. The lowest BCUT2D eigenvalue weighted by Gasteiger charge is -2.27. The molecule has 1 saturated heterocycles. The van der Waals surface area contributed by atoms with E-state index >= 15 is 0 Å². The molecule has 1 aliphatic carbocycles. The smallest absolute Gasteiger partial charge is 0.323 e. The third-order valence-electron chi connectivity index (χ3n) is 3.80. The molecule has 0 aromatic carbocycles. The molecule has 0 amide bonds. The predicted molar refractivity (Wildman–Crippen MR) is 67.7 cm³/mol. The van der Waals surface area contributed by atoms with Crippen LogP contribution in [0, 0.1) is 11.8 Å². The quantitative estimate of drug-likeness (QED) is 0.769. The molecule has 1 heterocycles. The molecular weight excluding hydrogens is 214 g/mol. The van der Waals surface area contributed by atoms with E-state index in [1.165, 1.54) is 25.7 Å². The van der Waals surface area contributed by atoms with Crippen molar-refractivity contribution in [2.45, 2.75) is 64.5 Å². The van der Waals surface area contributed by atoms with Gasteiger partial charge in [0.05, 0.1) is 0 Å². The van der Waals surface area contributed by atoms with Crippen molar-refractivity contribution < 1.29 is 9.53 Å². The molecule has 1 aliphatic heterocycles. The molecule has 98 valence electrons. The number of ether oxygens (including phenoxy) is 1. The van der Waals surface area contributed by atoms with Crippen LogP contribution < -0.4 is 5.32 Å². The molecule has 17 heavy (non-hydrogen) atoms. The average molecular weight is 239 g/mol. The van der Waals surface area contributed by atoms with Crippen LogP contribution in [-0.4, -0.2) is 24.2 Å². The normalized spacial score (nSPS) is 30.1. The molecule has 0 spiro atoms. The van der Waals surface area contributed by atoms with Gasteiger partial charge in [0.25, 0.3) is 0 Å². The van der Waals surface area contributed by atoms with Crippen molar-refractivity contribution in [3.63, 3.8) is 0 Å². The molecule has 0 aromatic heterocycles. The van der Waals surface area contributed by atoms with Crippen LogP contribution in [0.2, 0.25) is 0 Å². The highest BCUT2D eigenvalue weighted by atomic mass is 16.6. The summed E-state index contributed by atoms with van der Waals surface area (Å²) in [5.41, 5.74) is -0.370. The summed E-state index contributed by atoms with van der Waals surface area (Å²) in [4.78, 5) is 11.9. The number of hydrogen-bond acceptors (Lipinski definition) is 3. The van der Waals surface area contributed by atoms with Gasteiger partial charge in [-0.1, -0.05) is 19.3 Å². The van der Waals surface area contributed by atoms with Crippen LogP contribution in [0.25, 0.3) is 0 Å². The van der Waals surface area contributed by atoms with E-state index in [0.717, 1.165) is 18.9 Å². The molecule has 0 unspecified atom stereocenters. The number of carbonyl (C=O) groups is 1. The Labute approximate surface area is 104 Å². The summed E-state index contributed by atoms with van der Waals surface area (Å²) in [5, 5.41) is 3.31. The lowest BCUT2D eigenvalue weighted by molar-refractivity contribution is -0.157. The van der Waals surface area contributed by atoms with Gasteiger partial charge in [-0.05, 0) is 52.0 Å². The first kappa shape index (κ1) is 12.9. The molecule has 0 aromatic rings. The maximum atomic E-state index is 11.9. The zero-order chi connectivity index (χ0) is 12.5. The van der Waals surface area contributed by atoms with E-state index in [0.29, 0.717) is 5.92 Å². The maximum Gasteiger partial charge on any atom is 0.323 e. The molecule has 2 atom stereocenters. The van der Waals surface area contributed by atoms with Crippen LogP contribution in [0.3, 0.4) is 0 Å². The summed E-state index contributed by atoms with van der Waals surface area (Å²) < 4.78 is 5.41. The number of nitrogens with one attached hydrogen (secondary N) is 1. The monoisotopic (exact) mass is 239 g/mol. The van der Waals surface area contributed by atoms with Gasteiger partial charge in [0.15, 0.2) is 0 Å². The van der Waals surface area contributed by atoms with E-state index < -0.39 is 0 Å². The summed E-state index contributed by atoms with van der Waals surface area (Å²) in [6.45, 7) is 6.75. The largest absolute Gasteiger partial charge is 0.459 e. The van der Waals surface area contributed by atoms with Crippen molar-refractivity contribution in [3.05, 3.63) is 0 Å². The lowest BCUT2D eigenvalue weighted by Crippen LogP contribution is -2.37. The Hall–Kier alpha value is -0.570. The van der Waals surface area contributed by atoms with Gasteiger partial charge in [0.1, 0.15) is 11.6 Å². The Kier molecular flexibility index (Phi) is 3.76. The summed E-state index contributed by atoms with van der Waals surface area (Å²) in [6, 6.07) is -0.0701. The Morgan fingerprint density at radius 1 is 1.29 bits per heavy atom. The number of esters is 1. The van der Waals surface area contributed by atoms with E-state index in [1.54, 1.807) is 0 Å². The first-order valence-electron chi connectivity index (χ1n) is 6.90. The third kappa shape index (κ3) is 3.70. The van der Waals surface area contributed by atoms with E-state index in [-0.39, 0.29) is 17.6 Å². The van der Waals surface area contributed by atoms with Gasteiger partial charge in [0.2, 0.25) is 0 Å². The van der Waals surface area contributed by atoms with Crippen LogP contribution in [0.5, 0.6) is 0 Å². The molecular formula is C14H25NO2. The van der Waals surface area contributed by atoms with Gasteiger partial charge in [-0.25, -0.2) is 0 Å². The lowest BCUT2D eigenvalue weighted by atomic mass is 9.78. The van der Waals surface area contributed by atoms with E-state index in [1.807, 2.05) is 20.8 Å². The van der Waals surface area contributed by atoms with Gasteiger partial charge in [-0.3, -0.25) is 4.79 Å². The minimum Gasteiger partial charge on any atom is -0.459 e. The molecule has 0 bridgehead atoms. The average Bonchev–Trinajstić information content (AvgIpc) is 2.56. The second-order valence-electron chi connectivity index (χ2n) is 6.63. The van der Waals surface area contributed by atoms with Crippen LogP contribution >= 0.6 is 0 Å². The van der Waals surface area contributed by atoms with Gasteiger partial charge < -0.3 is 10.1 Å². The Bertz CT molecular complexity index is 278. The summed E-state index contributed by atoms with van der Waals surface area (Å²) in [7, 11) is 0. The highest BCUT2D eigenvalue weighted by Gasteiger charge is 2.34.